The molecule has 1 aromatic heterocycles. The molecule has 1 fully saturated rings. The summed E-state index contributed by atoms with van der Waals surface area (Å²) in [5.41, 5.74) is 1.01. The van der Waals surface area contributed by atoms with Gasteiger partial charge in [0.1, 0.15) is 5.82 Å². The van der Waals surface area contributed by atoms with E-state index in [4.69, 9.17) is 0 Å². The maximum atomic E-state index is 11.4. The largest absolute Gasteiger partial charge is 0.310 e. The summed E-state index contributed by atoms with van der Waals surface area (Å²) in [7, 11) is 0. The lowest BCUT2D eigenvalue weighted by atomic mass is 10.3. The summed E-state index contributed by atoms with van der Waals surface area (Å²) in [5, 5.41) is 2.83. The van der Waals surface area contributed by atoms with Gasteiger partial charge in [-0.2, -0.15) is 0 Å². The van der Waals surface area contributed by atoms with Gasteiger partial charge in [-0.25, -0.2) is 4.98 Å². The average Bonchev–Trinajstić information content (AvgIpc) is 3.01. The van der Waals surface area contributed by atoms with Gasteiger partial charge in [0.2, 0.25) is 5.91 Å². The highest BCUT2D eigenvalue weighted by Gasteiger charge is 2.29. The first-order valence-electron chi connectivity index (χ1n) is 5.06. The molecule has 3 nitrogen and oxygen atoms in total. The predicted octanol–water partition coefficient (Wildman–Crippen LogP) is 1.99. The molecule has 0 unspecified atom stereocenters. The van der Waals surface area contributed by atoms with Gasteiger partial charge in [0, 0.05) is 11.6 Å². The van der Waals surface area contributed by atoms with Crippen molar-refractivity contribution in [2.45, 2.75) is 26.2 Å². The molecule has 14 heavy (non-hydrogen) atoms. The smallest absolute Gasteiger partial charge is 0.228 e. The normalized spacial score (nSPS) is 15.2. The lowest BCUT2D eigenvalue weighted by molar-refractivity contribution is -0.117. The Kier molecular flexibility index (Phi) is 2.48. The van der Waals surface area contributed by atoms with Crippen LogP contribution < -0.4 is 5.32 Å². The van der Waals surface area contributed by atoms with Gasteiger partial charge in [-0.3, -0.25) is 4.79 Å². The number of anilines is 1. The zero-order valence-corrected chi connectivity index (χ0v) is 8.29. The summed E-state index contributed by atoms with van der Waals surface area (Å²) in [5.74, 6) is 1.04. The van der Waals surface area contributed by atoms with Crippen molar-refractivity contribution < 1.29 is 4.79 Å². The van der Waals surface area contributed by atoms with Crippen LogP contribution in [0.5, 0.6) is 0 Å². The Labute approximate surface area is 83.5 Å². The fourth-order valence-electron chi connectivity index (χ4n) is 1.32. The van der Waals surface area contributed by atoms with Crippen molar-refractivity contribution in [1.29, 1.82) is 0 Å². The van der Waals surface area contributed by atoms with Crippen molar-refractivity contribution in [3.05, 3.63) is 23.9 Å². The first-order chi connectivity index (χ1) is 6.79. The van der Waals surface area contributed by atoms with E-state index >= 15 is 0 Å². The number of carbonyl (C=O) groups is 1. The molecule has 1 aliphatic rings. The second-order valence-corrected chi connectivity index (χ2v) is 3.63. The van der Waals surface area contributed by atoms with E-state index in [0.29, 0.717) is 5.82 Å². The van der Waals surface area contributed by atoms with Crippen LogP contribution in [0.4, 0.5) is 5.82 Å². The van der Waals surface area contributed by atoms with Crippen LogP contribution in [0.25, 0.3) is 0 Å². The number of nitrogens with zero attached hydrogens (tertiary/aromatic N) is 1. The Morgan fingerprint density at radius 3 is 3.00 bits per heavy atom. The SMILES string of the molecule is CCc1cccc(NC(=O)C2CC2)n1. The van der Waals surface area contributed by atoms with Crippen LogP contribution in [-0.2, 0) is 11.2 Å². The molecular weight excluding hydrogens is 176 g/mol. The summed E-state index contributed by atoms with van der Waals surface area (Å²) in [6.07, 6.45) is 2.95. The number of hydrogen-bond donors (Lipinski definition) is 1. The molecule has 0 aromatic carbocycles. The topological polar surface area (TPSA) is 42.0 Å². The third-order valence-electron chi connectivity index (χ3n) is 2.37. The second-order valence-electron chi connectivity index (χ2n) is 3.63. The van der Waals surface area contributed by atoms with Crippen molar-refractivity contribution in [3.8, 4) is 0 Å². The highest BCUT2D eigenvalue weighted by molar-refractivity contribution is 5.93. The van der Waals surface area contributed by atoms with Gasteiger partial charge in [-0.1, -0.05) is 13.0 Å². The summed E-state index contributed by atoms with van der Waals surface area (Å²) in [6.45, 7) is 2.05. The highest BCUT2D eigenvalue weighted by atomic mass is 16.2. The number of amides is 1. The van der Waals surface area contributed by atoms with E-state index in [9.17, 15) is 4.79 Å². The molecule has 0 bridgehead atoms. The van der Waals surface area contributed by atoms with Crippen LogP contribution in [0.15, 0.2) is 18.2 Å². The number of nitrogens with one attached hydrogen (secondary N) is 1. The fourth-order valence-corrected chi connectivity index (χ4v) is 1.32. The molecule has 0 radical (unpaired) electrons. The van der Waals surface area contributed by atoms with Crippen LogP contribution in [0.2, 0.25) is 0 Å². The van der Waals surface area contributed by atoms with Crippen molar-refractivity contribution >= 4 is 11.7 Å². The first-order valence-corrected chi connectivity index (χ1v) is 5.06. The van der Waals surface area contributed by atoms with Gasteiger partial charge in [-0.05, 0) is 31.4 Å². The van der Waals surface area contributed by atoms with Crippen molar-refractivity contribution in [2.24, 2.45) is 5.92 Å². The Morgan fingerprint density at radius 2 is 2.36 bits per heavy atom. The van der Waals surface area contributed by atoms with Gasteiger partial charge >= 0.3 is 0 Å². The van der Waals surface area contributed by atoms with E-state index in [2.05, 4.69) is 17.2 Å². The van der Waals surface area contributed by atoms with Crippen molar-refractivity contribution in [2.75, 3.05) is 5.32 Å². The molecule has 1 aromatic rings. The zero-order valence-electron chi connectivity index (χ0n) is 8.29. The standard InChI is InChI=1S/C11H14N2O/c1-2-9-4-3-5-10(12-9)13-11(14)8-6-7-8/h3-5,8H,2,6-7H2,1H3,(H,12,13,14). The number of pyridine rings is 1. The molecule has 3 heteroatoms. The average molecular weight is 190 g/mol. The van der Waals surface area contributed by atoms with Crippen LogP contribution in [0.1, 0.15) is 25.5 Å². The molecule has 74 valence electrons. The molecule has 0 saturated heterocycles. The summed E-state index contributed by atoms with van der Waals surface area (Å²) in [4.78, 5) is 15.7. The van der Waals surface area contributed by atoms with Crippen LogP contribution >= 0.6 is 0 Å². The summed E-state index contributed by atoms with van der Waals surface area (Å²) >= 11 is 0. The van der Waals surface area contributed by atoms with Gasteiger partial charge in [0.15, 0.2) is 0 Å². The maximum absolute atomic E-state index is 11.4. The predicted molar refractivity (Wildman–Crippen MR) is 55.0 cm³/mol. The Morgan fingerprint density at radius 1 is 1.57 bits per heavy atom. The first kappa shape index (κ1) is 9.19. The van der Waals surface area contributed by atoms with Gasteiger partial charge in [0.25, 0.3) is 0 Å². The number of aromatic nitrogens is 1. The lowest BCUT2D eigenvalue weighted by Gasteiger charge is -2.04. The molecule has 1 amide bonds. The van der Waals surface area contributed by atoms with Gasteiger partial charge in [-0.15, -0.1) is 0 Å². The van der Waals surface area contributed by atoms with Crippen LogP contribution in [-0.4, -0.2) is 10.9 Å². The lowest BCUT2D eigenvalue weighted by Crippen LogP contribution is -2.14. The summed E-state index contributed by atoms with van der Waals surface area (Å²) < 4.78 is 0. The maximum Gasteiger partial charge on any atom is 0.228 e. The van der Waals surface area contributed by atoms with E-state index in [1.165, 1.54) is 0 Å². The fraction of sp³-hybridized carbons (Fsp3) is 0.455. The van der Waals surface area contributed by atoms with Crippen LogP contribution in [0.3, 0.4) is 0 Å². The minimum Gasteiger partial charge on any atom is -0.310 e. The molecular formula is C11H14N2O. The minimum absolute atomic E-state index is 0.116. The number of aryl methyl sites for hydroxylation is 1. The molecule has 1 heterocycles. The van der Waals surface area contributed by atoms with E-state index in [1.54, 1.807) is 0 Å². The molecule has 2 rings (SSSR count). The third kappa shape index (κ3) is 2.10. The van der Waals surface area contributed by atoms with Gasteiger partial charge in [0.05, 0.1) is 0 Å². The van der Waals surface area contributed by atoms with Crippen molar-refractivity contribution in [3.63, 3.8) is 0 Å². The molecule has 0 atom stereocenters. The zero-order chi connectivity index (χ0) is 9.97. The Hall–Kier alpha value is -1.38. The van der Waals surface area contributed by atoms with E-state index in [1.807, 2.05) is 18.2 Å². The van der Waals surface area contributed by atoms with E-state index < -0.39 is 0 Å². The molecule has 1 aliphatic carbocycles. The Balaban J connectivity index is 2.04. The van der Waals surface area contributed by atoms with E-state index in [-0.39, 0.29) is 11.8 Å². The second kappa shape index (κ2) is 3.78. The molecule has 0 spiro atoms. The third-order valence-corrected chi connectivity index (χ3v) is 2.37. The van der Waals surface area contributed by atoms with Gasteiger partial charge < -0.3 is 5.32 Å². The number of carbonyl (C=O) groups excluding carboxylic acids is 1. The van der Waals surface area contributed by atoms with E-state index in [0.717, 1.165) is 25.0 Å². The molecule has 1 N–H and O–H groups in total. The van der Waals surface area contributed by atoms with Crippen LogP contribution in [0, 0.1) is 5.92 Å². The van der Waals surface area contributed by atoms with Crippen molar-refractivity contribution in [1.82, 2.24) is 4.98 Å². The monoisotopic (exact) mass is 190 g/mol. The quantitative estimate of drug-likeness (QED) is 0.792. The Bertz CT molecular complexity index is 345. The number of rotatable bonds is 3. The molecule has 0 aliphatic heterocycles. The number of hydrogen-bond acceptors (Lipinski definition) is 2. The molecule has 1 saturated carbocycles. The highest BCUT2D eigenvalue weighted by Crippen LogP contribution is 2.29. The summed E-state index contributed by atoms with van der Waals surface area (Å²) in [6, 6.07) is 5.72. The minimum atomic E-state index is 0.116.